The summed E-state index contributed by atoms with van der Waals surface area (Å²) in [6, 6.07) is 12.2. The smallest absolute Gasteiger partial charge is 0.250 e. The molecule has 0 saturated heterocycles. The van der Waals surface area contributed by atoms with Crippen molar-refractivity contribution in [2.24, 2.45) is 0 Å². The van der Waals surface area contributed by atoms with E-state index in [-0.39, 0.29) is 11.0 Å². The Morgan fingerprint density at radius 2 is 1.93 bits per heavy atom. The molecule has 5 nitrogen and oxygen atoms in total. The average Bonchev–Trinajstić information content (AvgIpc) is 3.29. The highest BCUT2D eigenvalue weighted by atomic mass is 35.5. The minimum atomic E-state index is -0.379. The van der Waals surface area contributed by atoms with E-state index < -0.39 is 0 Å². The van der Waals surface area contributed by atoms with Crippen molar-refractivity contribution in [2.45, 2.75) is 6.54 Å². The second-order valence-corrected chi connectivity index (χ2v) is 6.73. The van der Waals surface area contributed by atoms with Gasteiger partial charge in [-0.1, -0.05) is 23.2 Å². The summed E-state index contributed by atoms with van der Waals surface area (Å²) in [5.74, 6) is 1.43. The van der Waals surface area contributed by atoms with Crippen molar-refractivity contribution >= 4 is 52.5 Å². The molecule has 0 saturated carbocycles. The maximum atomic E-state index is 11.9. The molecule has 2 N–H and O–H groups in total. The number of nitrogens with one attached hydrogen (secondary N) is 2. The zero-order valence-corrected chi connectivity index (χ0v) is 16.2. The van der Waals surface area contributed by atoms with Crippen LogP contribution in [0.15, 0.2) is 63.6 Å². The molecule has 138 valence electrons. The van der Waals surface area contributed by atoms with Gasteiger partial charge in [0.25, 0.3) is 0 Å². The maximum absolute atomic E-state index is 11.9. The van der Waals surface area contributed by atoms with Crippen LogP contribution in [0.2, 0.25) is 10.0 Å². The van der Waals surface area contributed by atoms with E-state index in [0.29, 0.717) is 33.9 Å². The van der Waals surface area contributed by atoms with Crippen LogP contribution in [0, 0.1) is 0 Å². The van der Waals surface area contributed by atoms with Gasteiger partial charge in [-0.3, -0.25) is 10.1 Å². The van der Waals surface area contributed by atoms with Crippen molar-refractivity contribution in [2.75, 3.05) is 0 Å². The fraction of sp³-hybridized carbons (Fsp3) is 0.0526. The number of hydrogen-bond acceptors (Lipinski definition) is 4. The first kappa shape index (κ1) is 19.2. The number of rotatable bonds is 5. The van der Waals surface area contributed by atoms with Crippen LogP contribution < -0.4 is 10.6 Å². The van der Waals surface area contributed by atoms with Crippen LogP contribution in [-0.2, 0) is 11.3 Å². The van der Waals surface area contributed by atoms with Crippen LogP contribution in [0.5, 0.6) is 0 Å². The van der Waals surface area contributed by atoms with Gasteiger partial charge in [-0.2, -0.15) is 0 Å². The zero-order valence-electron chi connectivity index (χ0n) is 13.9. The third-order valence-electron chi connectivity index (χ3n) is 3.41. The van der Waals surface area contributed by atoms with Crippen molar-refractivity contribution in [3.05, 3.63) is 76.4 Å². The molecule has 0 unspecified atom stereocenters. The predicted octanol–water partition coefficient (Wildman–Crippen LogP) is 5.05. The third-order valence-corrected chi connectivity index (χ3v) is 4.10. The van der Waals surface area contributed by atoms with E-state index >= 15 is 0 Å². The minimum Gasteiger partial charge on any atom is -0.467 e. The molecule has 0 bridgehead atoms. The highest BCUT2D eigenvalue weighted by molar-refractivity contribution is 7.80. The molecule has 8 heteroatoms. The first-order valence-corrected chi connectivity index (χ1v) is 9.01. The van der Waals surface area contributed by atoms with Gasteiger partial charge in [-0.25, -0.2) is 0 Å². The summed E-state index contributed by atoms with van der Waals surface area (Å²) in [6.07, 6.45) is 4.44. The normalized spacial score (nSPS) is 10.9. The van der Waals surface area contributed by atoms with Crippen molar-refractivity contribution in [1.82, 2.24) is 10.6 Å². The lowest BCUT2D eigenvalue weighted by atomic mass is 10.2. The van der Waals surface area contributed by atoms with Crippen LogP contribution >= 0.6 is 35.4 Å². The number of hydrogen-bond donors (Lipinski definition) is 2. The summed E-state index contributed by atoms with van der Waals surface area (Å²) in [5.41, 5.74) is 0.750. The van der Waals surface area contributed by atoms with E-state index in [0.717, 1.165) is 5.56 Å². The molecule has 0 atom stereocenters. The second-order valence-electron chi connectivity index (χ2n) is 5.44. The first-order valence-electron chi connectivity index (χ1n) is 7.85. The lowest BCUT2D eigenvalue weighted by molar-refractivity contribution is -0.115. The molecule has 3 rings (SSSR count). The highest BCUT2D eigenvalue weighted by Gasteiger charge is 2.07. The number of thiocarbonyl (C=S) groups is 1. The van der Waals surface area contributed by atoms with Gasteiger partial charge in [0.05, 0.1) is 12.8 Å². The summed E-state index contributed by atoms with van der Waals surface area (Å²) >= 11 is 17.1. The molecule has 27 heavy (non-hydrogen) atoms. The molecule has 1 amide bonds. The average molecular weight is 421 g/mol. The quantitative estimate of drug-likeness (QED) is 0.446. The van der Waals surface area contributed by atoms with E-state index in [4.69, 9.17) is 44.3 Å². The van der Waals surface area contributed by atoms with Gasteiger partial charge in [0.15, 0.2) is 5.11 Å². The molecule has 0 fully saturated rings. The number of carbonyl (C=O) groups is 1. The number of benzene rings is 1. The Balaban J connectivity index is 1.55. The molecular weight excluding hydrogens is 407 g/mol. The number of furan rings is 2. The van der Waals surface area contributed by atoms with Crippen molar-refractivity contribution in [3.63, 3.8) is 0 Å². The molecule has 3 aromatic rings. The van der Waals surface area contributed by atoms with E-state index in [1.54, 1.807) is 54.8 Å². The van der Waals surface area contributed by atoms with Crippen molar-refractivity contribution in [3.8, 4) is 11.3 Å². The van der Waals surface area contributed by atoms with E-state index in [9.17, 15) is 4.79 Å². The minimum absolute atomic E-state index is 0.203. The van der Waals surface area contributed by atoms with Crippen LogP contribution in [0.1, 0.15) is 11.5 Å². The molecule has 0 aliphatic carbocycles. The van der Waals surface area contributed by atoms with E-state index in [1.807, 2.05) is 0 Å². The predicted molar refractivity (Wildman–Crippen MR) is 109 cm³/mol. The fourth-order valence-electron chi connectivity index (χ4n) is 2.23. The maximum Gasteiger partial charge on any atom is 0.250 e. The molecule has 1 aromatic carbocycles. The Hall–Kier alpha value is -2.54. The van der Waals surface area contributed by atoms with Gasteiger partial charge >= 0.3 is 0 Å². The molecule has 0 radical (unpaired) electrons. The van der Waals surface area contributed by atoms with Gasteiger partial charge in [0.2, 0.25) is 5.91 Å². The zero-order chi connectivity index (χ0) is 19.2. The SMILES string of the molecule is O=C(/C=C/c1ccc(-c2cc(Cl)cc(Cl)c2)o1)NC(=S)NCc1ccco1. The lowest BCUT2D eigenvalue weighted by Crippen LogP contribution is -2.37. The Bertz CT molecular complexity index is 961. The van der Waals surface area contributed by atoms with Crippen LogP contribution in [0.4, 0.5) is 0 Å². The van der Waals surface area contributed by atoms with Gasteiger partial charge in [0.1, 0.15) is 17.3 Å². The summed E-state index contributed by atoms with van der Waals surface area (Å²) in [4.78, 5) is 11.9. The van der Waals surface area contributed by atoms with Crippen molar-refractivity contribution in [1.29, 1.82) is 0 Å². The van der Waals surface area contributed by atoms with Crippen LogP contribution in [0.25, 0.3) is 17.4 Å². The Labute approximate surface area is 170 Å². The van der Waals surface area contributed by atoms with Gasteiger partial charge in [0, 0.05) is 21.7 Å². The van der Waals surface area contributed by atoms with Crippen LogP contribution in [0.3, 0.4) is 0 Å². The molecule has 0 aliphatic rings. The highest BCUT2D eigenvalue weighted by Crippen LogP contribution is 2.28. The molecule has 2 heterocycles. The standard InChI is InChI=1S/C19H14Cl2N2O3S/c20-13-8-12(9-14(21)10-13)17-5-3-15(26-17)4-6-18(24)23-19(27)22-11-16-2-1-7-25-16/h1-10H,11H2,(H2,22,23,24,27)/b6-4+. The number of carbonyl (C=O) groups excluding carboxylic acids is 1. The van der Waals surface area contributed by atoms with Crippen molar-refractivity contribution < 1.29 is 13.6 Å². The Morgan fingerprint density at radius 1 is 1.15 bits per heavy atom. The lowest BCUT2D eigenvalue weighted by Gasteiger charge is -2.05. The topological polar surface area (TPSA) is 67.4 Å². The number of amides is 1. The van der Waals surface area contributed by atoms with Crippen LogP contribution in [-0.4, -0.2) is 11.0 Å². The second kappa shape index (κ2) is 8.90. The third kappa shape index (κ3) is 5.72. The van der Waals surface area contributed by atoms with Gasteiger partial charge in [-0.05, 0) is 60.8 Å². The summed E-state index contributed by atoms with van der Waals surface area (Å²) in [6.45, 7) is 0.388. The van der Waals surface area contributed by atoms with E-state index in [1.165, 1.54) is 6.08 Å². The molecule has 0 spiro atoms. The summed E-state index contributed by atoms with van der Waals surface area (Å²) in [5, 5.41) is 6.65. The van der Waals surface area contributed by atoms with E-state index in [2.05, 4.69) is 10.6 Å². The monoisotopic (exact) mass is 420 g/mol. The Morgan fingerprint density at radius 3 is 2.63 bits per heavy atom. The number of halogens is 2. The molecular formula is C19H14Cl2N2O3S. The first-order chi connectivity index (χ1) is 13.0. The molecule has 0 aliphatic heterocycles. The molecule has 2 aromatic heterocycles. The summed E-state index contributed by atoms with van der Waals surface area (Å²) in [7, 11) is 0. The summed E-state index contributed by atoms with van der Waals surface area (Å²) < 4.78 is 10.9. The fourth-order valence-corrected chi connectivity index (χ4v) is 2.93. The Kier molecular flexibility index (Phi) is 6.34. The largest absolute Gasteiger partial charge is 0.467 e. The van der Waals surface area contributed by atoms with Gasteiger partial charge in [-0.15, -0.1) is 0 Å². The van der Waals surface area contributed by atoms with Gasteiger partial charge < -0.3 is 14.2 Å².